The lowest BCUT2D eigenvalue weighted by Crippen LogP contribution is -2.15. The van der Waals surface area contributed by atoms with Gasteiger partial charge in [0, 0.05) is 11.3 Å². The van der Waals surface area contributed by atoms with Gasteiger partial charge in [-0.3, -0.25) is 4.79 Å². The smallest absolute Gasteiger partial charge is 0.256 e. The van der Waals surface area contributed by atoms with Crippen molar-refractivity contribution in [2.24, 2.45) is 0 Å². The van der Waals surface area contributed by atoms with Crippen LogP contribution in [0.5, 0.6) is 0 Å². The summed E-state index contributed by atoms with van der Waals surface area (Å²) < 4.78 is 13.3. The number of H-pyrrole nitrogens is 1. The number of anilines is 1. The van der Waals surface area contributed by atoms with Crippen LogP contribution < -0.4 is 11.3 Å². The third-order valence-corrected chi connectivity index (χ3v) is 3.15. The maximum atomic E-state index is 13.3. The standard InChI is InChI=1S/C15H17FN2O/c1-8(2)14-13(17)7-11(15(19)18-14)10-4-5-12(16)9(3)6-10/h4-8H,17H2,1-3H3,(H,18,19). The van der Waals surface area contributed by atoms with Gasteiger partial charge in [-0.1, -0.05) is 19.9 Å². The number of benzene rings is 1. The highest BCUT2D eigenvalue weighted by atomic mass is 19.1. The molecule has 0 saturated carbocycles. The number of aryl methyl sites for hydroxylation is 1. The number of pyridine rings is 1. The fraction of sp³-hybridized carbons (Fsp3) is 0.267. The Kier molecular flexibility index (Phi) is 3.42. The molecule has 0 unspecified atom stereocenters. The van der Waals surface area contributed by atoms with Gasteiger partial charge in [0.2, 0.25) is 0 Å². The van der Waals surface area contributed by atoms with Crippen molar-refractivity contribution in [2.45, 2.75) is 26.7 Å². The SMILES string of the molecule is Cc1cc(-c2cc(N)c(C(C)C)[nH]c2=O)ccc1F. The highest BCUT2D eigenvalue weighted by Crippen LogP contribution is 2.24. The summed E-state index contributed by atoms with van der Waals surface area (Å²) in [5.74, 6) is -0.136. The molecule has 0 aliphatic heterocycles. The molecule has 4 heteroatoms. The number of nitrogen functional groups attached to an aromatic ring is 1. The first kappa shape index (κ1) is 13.3. The molecular weight excluding hydrogens is 243 g/mol. The van der Waals surface area contributed by atoms with E-state index < -0.39 is 0 Å². The average molecular weight is 260 g/mol. The summed E-state index contributed by atoms with van der Waals surface area (Å²) in [6, 6.07) is 6.24. The molecule has 2 rings (SSSR count). The van der Waals surface area contributed by atoms with Crippen molar-refractivity contribution in [3.8, 4) is 11.1 Å². The second-order valence-electron chi connectivity index (χ2n) is 5.00. The van der Waals surface area contributed by atoms with Crippen molar-refractivity contribution in [1.29, 1.82) is 0 Å². The van der Waals surface area contributed by atoms with E-state index in [0.717, 1.165) is 5.69 Å². The Hall–Kier alpha value is -2.10. The molecule has 3 N–H and O–H groups in total. The minimum atomic E-state index is -0.285. The molecule has 1 aromatic carbocycles. The molecule has 0 radical (unpaired) electrons. The van der Waals surface area contributed by atoms with E-state index in [9.17, 15) is 9.18 Å². The Morgan fingerprint density at radius 2 is 1.95 bits per heavy atom. The van der Waals surface area contributed by atoms with Crippen molar-refractivity contribution in [2.75, 3.05) is 5.73 Å². The molecule has 3 nitrogen and oxygen atoms in total. The molecule has 0 atom stereocenters. The minimum absolute atomic E-state index is 0.150. The highest BCUT2D eigenvalue weighted by Gasteiger charge is 2.11. The van der Waals surface area contributed by atoms with E-state index in [-0.39, 0.29) is 17.3 Å². The number of rotatable bonds is 2. The van der Waals surface area contributed by atoms with Gasteiger partial charge in [0.05, 0.1) is 5.69 Å². The summed E-state index contributed by atoms with van der Waals surface area (Å²) in [6.45, 7) is 5.59. The van der Waals surface area contributed by atoms with Gasteiger partial charge in [-0.25, -0.2) is 4.39 Å². The maximum Gasteiger partial charge on any atom is 0.256 e. The summed E-state index contributed by atoms with van der Waals surface area (Å²) >= 11 is 0. The Morgan fingerprint density at radius 1 is 1.26 bits per heavy atom. The van der Waals surface area contributed by atoms with Gasteiger partial charge in [-0.2, -0.15) is 0 Å². The lowest BCUT2D eigenvalue weighted by molar-refractivity contribution is 0.619. The fourth-order valence-electron chi connectivity index (χ4n) is 2.06. The number of nitrogens with one attached hydrogen (secondary N) is 1. The maximum absolute atomic E-state index is 13.3. The third kappa shape index (κ3) is 2.52. The predicted molar refractivity (Wildman–Crippen MR) is 75.7 cm³/mol. The molecule has 100 valence electrons. The van der Waals surface area contributed by atoms with Gasteiger partial charge in [-0.15, -0.1) is 0 Å². The van der Waals surface area contributed by atoms with E-state index in [1.165, 1.54) is 6.07 Å². The lowest BCUT2D eigenvalue weighted by atomic mass is 10.0. The van der Waals surface area contributed by atoms with Crippen LogP contribution in [0.3, 0.4) is 0 Å². The third-order valence-electron chi connectivity index (χ3n) is 3.15. The van der Waals surface area contributed by atoms with Crippen LogP contribution >= 0.6 is 0 Å². The lowest BCUT2D eigenvalue weighted by Gasteiger charge is -2.11. The van der Waals surface area contributed by atoms with E-state index in [4.69, 9.17) is 5.73 Å². The van der Waals surface area contributed by atoms with E-state index in [0.29, 0.717) is 22.4 Å². The van der Waals surface area contributed by atoms with Gasteiger partial charge in [0.1, 0.15) is 5.82 Å². The van der Waals surface area contributed by atoms with Crippen molar-refractivity contribution in [1.82, 2.24) is 4.98 Å². The Bertz CT molecular complexity index is 674. The number of aromatic nitrogens is 1. The number of aromatic amines is 1. The molecule has 2 aromatic rings. The Morgan fingerprint density at radius 3 is 2.53 bits per heavy atom. The van der Waals surface area contributed by atoms with Crippen molar-refractivity contribution < 1.29 is 4.39 Å². The first-order chi connectivity index (χ1) is 8.90. The van der Waals surface area contributed by atoms with E-state index in [2.05, 4.69) is 4.98 Å². The van der Waals surface area contributed by atoms with Crippen LogP contribution in [0, 0.1) is 12.7 Å². The minimum Gasteiger partial charge on any atom is -0.397 e. The van der Waals surface area contributed by atoms with Crippen LogP contribution in [0.4, 0.5) is 10.1 Å². The summed E-state index contributed by atoms with van der Waals surface area (Å²) in [5.41, 5.74) is 8.66. The number of hydrogen-bond donors (Lipinski definition) is 2. The van der Waals surface area contributed by atoms with E-state index in [1.807, 2.05) is 13.8 Å². The van der Waals surface area contributed by atoms with Crippen LogP contribution in [0.2, 0.25) is 0 Å². The molecule has 1 aromatic heterocycles. The second-order valence-corrected chi connectivity index (χ2v) is 5.00. The zero-order valence-corrected chi connectivity index (χ0v) is 11.3. The summed E-state index contributed by atoms with van der Waals surface area (Å²) in [7, 11) is 0. The van der Waals surface area contributed by atoms with Crippen LogP contribution in [-0.4, -0.2) is 4.98 Å². The zero-order chi connectivity index (χ0) is 14.2. The van der Waals surface area contributed by atoms with E-state index in [1.54, 1.807) is 25.1 Å². The number of nitrogens with two attached hydrogens (primary N) is 1. The molecule has 1 heterocycles. The van der Waals surface area contributed by atoms with Crippen LogP contribution in [-0.2, 0) is 0 Å². The average Bonchev–Trinajstić information content (AvgIpc) is 2.35. The van der Waals surface area contributed by atoms with Crippen molar-refractivity contribution in [3.05, 3.63) is 51.7 Å². The van der Waals surface area contributed by atoms with Crippen LogP contribution in [0.25, 0.3) is 11.1 Å². The normalized spacial score (nSPS) is 11.0. The Labute approximate surface area is 111 Å². The van der Waals surface area contributed by atoms with Gasteiger partial charge in [0.25, 0.3) is 5.56 Å². The van der Waals surface area contributed by atoms with Gasteiger partial charge < -0.3 is 10.7 Å². The largest absolute Gasteiger partial charge is 0.397 e. The van der Waals surface area contributed by atoms with Gasteiger partial charge >= 0.3 is 0 Å². The number of halogens is 1. The van der Waals surface area contributed by atoms with Crippen LogP contribution in [0.1, 0.15) is 31.0 Å². The molecule has 0 saturated heterocycles. The van der Waals surface area contributed by atoms with Crippen molar-refractivity contribution >= 4 is 5.69 Å². The predicted octanol–water partition coefficient (Wildman–Crippen LogP) is 3.20. The van der Waals surface area contributed by atoms with Crippen LogP contribution in [0.15, 0.2) is 29.1 Å². The first-order valence-electron chi connectivity index (χ1n) is 6.19. The Balaban J connectivity index is 2.60. The number of hydrogen-bond acceptors (Lipinski definition) is 2. The summed E-state index contributed by atoms with van der Waals surface area (Å²) in [5, 5.41) is 0. The molecule has 0 amide bonds. The molecule has 0 spiro atoms. The highest BCUT2D eigenvalue weighted by molar-refractivity contribution is 5.67. The van der Waals surface area contributed by atoms with Gasteiger partial charge in [-0.05, 0) is 42.2 Å². The van der Waals surface area contributed by atoms with Crippen molar-refractivity contribution in [3.63, 3.8) is 0 Å². The molecule has 0 aliphatic carbocycles. The topological polar surface area (TPSA) is 58.9 Å². The zero-order valence-electron chi connectivity index (χ0n) is 11.3. The molecular formula is C15H17FN2O. The molecule has 0 aliphatic rings. The van der Waals surface area contributed by atoms with Gasteiger partial charge in [0.15, 0.2) is 0 Å². The first-order valence-corrected chi connectivity index (χ1v) is 6.19. The summed E-state index contributed by atoms with van der Waals surface area (Å²) in [6.07, 6.45) is 0. The fourth-order valence-corrected chi connectivity index (χ4v) is 2.06. The summed E-state index contributed by atoms with van der Waals surface area (Å²) in [4.78, 5) is 14.9. The molecule has 19 heavy (non-hydrogen) atoms. The monoisotopic (exact) mass is 260 g/mol. The molecule has 0 fully saturated rings. The molecule has 0 bridgehead atoms. The quantitative estimate of drug-likeness (QED) is 0.871. The second kappa shape index (κ2) is 4.88. The van der Waals surface area contributed by atoms with E-state index >= 15 is 0 Å².